The molecule has 6 heteroatoms. The minimum absolute atomic E-state index is 0. The molecule has 2 aromatic rings. The summed E-state index contributed by atoms with van der Waals surface area (Å²) in [6.07, 6.45) is 3.37. The molecule has 4 nitrogen and oxygen atoms in total. The minimum atomic E-state index is -0.834. The van der Waals surface area contributed by atoms with Crippen molar-refractivity contribution in [3.05, 3.63) is 28.6 Å². The molecule has 0 fully saturated rings. The SMILES string of the molecule is O=C(O)Cc1c[nH]c2c(Br)nccc12.[KH]. The average Bonchev–Trinajstić information content (AvgIpc) is 2.49. The van der Waals surface area contributed by atoms with Crippen molar-refractivity contribution in [1.82, 2.24) is 9.97 Å². The maximum absolute atomic E-state index is 10.6. The number of halogens is 1. The second-order valence-corrected chi connectivity index (χ2v) is 3.66. The number of fused-ring (bicyclic) bond motifs is 1. The van der Waals surface area contributed by atoms with E-state index in [1.807, 2.05) is 0 Å². The Morgan fingerprint density at radius 2 is 2.33 bits per heavy atom. The molecular formula is C9H8BrKN2O2. The molecule has 0 saturated heterocycles. The summed E-state index contributed by atoms with van der Waals surface area (Å²) in [6.45, 7) is 0. The van der Waals surface area contributed by atoms with Crippen LogP contribution in [0.15, 0.2) is 23.1 Å². The van der Waals surface area contributed by atoms with E-state index in [9.17, 15) is 4.79 Å². The van der Waals surface area contributed by atoms with E-state index in [2.05, 4.69) is 25.9 Å². The van der Waals surface area contributed by atoms with Gasteiger partial charge in [0.25, 0.3) is 0 Å². The van der Waals surface area contributed by atoms with E-state index in [1.54, 1.807) is 18.5 Å². The van der Waals surface area contributed by atoms with E-state index < -0.39 is 5.97 Å². The Balaban J connectivity index is 0.00000112. The number of H-pyrrole nitrogens is 1. The van der Waals surface area contributed by atoms with Crippen molar-refractivity contribution in [1.29, 1.82) is 0 Å². The van der Waals surface area contributed by atoms with Crippen LogP contribution >= 0.6 is 15.9 Å². The van der Waals surface area contributed by atoms with Crippen molar-refractivity contribution >= 4 is 84.2 Å². The summed E-state index contributed by atoms with van der Waals surface area (Å²) in [5, 5.41) is 9.57. The number of carbonyl (C=O) groups is 1. The number of rotatable bonds is 2. The number of carboxylic acids is 1. The number of aromatic nitrogens is 2. The van der Waals surface area contributed by atoms with Crippen molar-refractivity contribution in [3.8, 4) is 0 Å². The first-order valence-electron chi connectivity index (χ1n) is 4.00. The topological polar surface area (TPSA) is 66.0 Å². The van der Waals surface area contributed by atoms with E-state index in [-0.39, 0.29) is 57.8 Å². The third-order valence-electron chi connectivity index (χ3n) is 1.98. The zero-order valence-electron chi connectivity index (χ0n) is 7.12. The Labute approximate surface area is 137 Å². The number of aromatic amines is 1. The van der Waals surface area contributed by atoms with Crippen molar-refractivity contribution in [2.24, 2.45) is 0 Å². The Morgan fingerprint density at radius 1 is 1.60 bits per heavy atom. The Kier molecular flexibility index (Phi) is 4.94. The quantitative estimate of drug-likeness (QED) is 0.648. The van der Waals surface area contributed by atoms with Crippen LogP contribution in [0.1, 0.15) is 5.56 Å². The molecule has 0 aliphatic heterocycles. The molecule has 0 bridgehead atoms. The summed E-state index contributed by atoms with van der Waals surface area (Å²) in [6, 6.07) is 1.80. The van der Waals surface area contributed by atoms with Gasteiger partial charge >= 0.3 is 57.4 Å². The van der Waals surface area contributed by atoms with Gasteiger partial charge < -0.3 is 10.1 Å². The molecule has 2 heterocycles. The average molecular weight is 295 g/mol. The summed E-state index contributed by atoms with van der Waals surface area (Å²) < 4.78 is 0.701. The van der Waals surface area contributed by atoms with Gasteiger partial charge in [0.1, 0.15) is 4.60 Å². The van der Waals surface area contributed by atoms with Crippen molar-refractivity contribution < 1.29 is 9.90 Å². The number of hydrogen-bond acceptors (Lipinski definition) is 2. The molecule has 0 aliphatic carbocycles. The van der Waals surface area contributed by atoms with E-state index in [0.717, 1.165) is 16.5 Å². The third kappa shape index (κ3) is 2.89. The van der Waals surface area contributed by atoms with Gasteiger partial charge in [-0.05, 0) is 27.6 Å². The zero-order valence-corrected chi connectivity index (χ0v) is 8.71. The van der Waals surface area contributed by atoms with E-state index in [1.165, 1.54) is 0 Å². The van der Waals surface area contributed by atoms with Crippen LogP contribution in [0.4, 0.5) is 0 Å². The number of pyridine rings is 1. The summed E-state index contributed by atoms with van der Waals surface area (Å²) in [5.41, 5.74) is 1.61. The van der Waals surface area contributed by atoms with Crippen LogP contribution < -0.4 is 0 Å². The molecule has 74 valence electrons. The summed E-state index contributed by atoms with van der Waals surface area (Å²) in [4.78, 5) is 17.6. The fourth-order valence-corrected chi connectivity index (χ4v) is 1.83. The van der Waals surface area contributed by atoms with Gasteiger partial charge in [-0.25, -0.2) is 4.98 Å². The normalized spacial score (nSPS) is 9.93. The molecule has 2 rings (SSSR count). The van der Waals surface area contributed by atoms with Crippen LogP contribution in [-0.4, -0.2) is 72.4 Å². The standard InChI is InChI=1S/C9H7BrN2O2.K.H/c10-9-8-6(1-2-11-9)5(4-12-8)3-7(13)14;;/h1-2,4,12H,3H2,(H,13,14);;. The van der Waals surface area contributed by atoms with E-state index >= 15 is 0 Å². The molecular weight excluding hydrogens is 287 g/mol. The molecule has 0 radical (unpaired) electrons. The van der Waals surface area contributed by atoms with Crippen LogP contribution in [-0.2, 0) is 11.2 Å². The fraction of sp³-hybridized carbons (Fsp3) is 0.111. The van der Waals surface area contributed by atoms with Crippen LogP contribution in [0, 0.1) is 0 Å². The third-order valence-corrected chi connectivity index (χ3v) is 2.58. The molecule has 0 saturated carbocycles. The molecule has 0 unspecified atom stereocenters. The predicted octanol–water partition coefficient (Wildman–Crippen LogP) is 1.30. The molecule has 0 amide bonds. The van der Waals surface area contributed by atoms with Gasteiger partial charge in [-0.2, -0.15) is 0 Å². The summed E-state index contributed by atoms with van der Waals surface area (Å²) in [7, 11) is 0. The maximum atomic E-state index is 10.6. The molecule has 0 aromatic carbocycles. The summed E-state index contributed by atoms with van der Waals surface area (Å²) >= 11 is 3.29. The second-order valence-electron chi connectivity index (χ2n) is 2.91. The monoisotopic (exact) mass is 294 g/mol. The van der Waals surface area contributed by atoms with Crippen molar-refractivity contribution in [3.63, 3.8) is 0 Å². The van der Waals surface area contributed by atoms with Crippen LogP contribution in [0.25, 0.3) is 10.9 Å². The van der Waals surface area contributed by atoms with Gasteiger partial charge in [0.05, 0.1) is 11.9 Å². The molecule has 0 aliphatic rings. The Morgan fingerprint density at radius 3 is 3.00 bits per heavy atom. The molecule has 0 atom stereocenters. The van der Waals surface area contributed by atoms with E-state index in [4.69, 9.17) is 5.11 Å². The molecule has 0 spiro atoms. The second kappa shape index (κ2) is 5.56. The van der Waals surface area contributed by atoms with Gasteiger partial charge in [-0.3, -0.25) is 4.79 Å². The fourth-order valence-electron chi connectivity index (χ4n) is 1.39. The number of nitrogens with zero attached hydrogens (tertiary/aromatic N) is 1. The van der Waals surface area contributed by atoms with Gasteiger partial charge in [-0.15, -0.1) is 0 Å². The number of aliphatic carboxylic acids is 1. The Bertz CT molecular complexity index is 498. The molecule has 2 N–H and O–H groups in total. The first kappa shape index (κ1) is 13.3. The first-order valence-corrected chi connectivity index (χ1v) is 4.80. The number of carboxylic acid groups (broad SMARTS) is 1. The number of hydrogen-bond donors (Lipinski definition) is 2. The number of nitrogens with one attached hydrogen (secondary N) is 1. The van der Waals surface area contributed by atoms with Gasteiger partial charge in [0.2, 0.25) is 0 Å². The van der Waals surface area contributed by atoms with Gasteiger partial charge in [0.15, 0.2) is 0 Å². The van der Waals surface area contributed by atoms with Crippen molar-refractivity contribution in [2.75, 3.05) is 0 Å². The van der Waals surface area contributed by atoms with Crippen LogP contribution in [0.5, 0.6) is 0 Å². The van der Waals surface area contributed by atoms with Crippen LogP contribution in [0.2, 0.25) is 0 Å². The molecule has 15 heavy (non-hydrogen) atoms. The van der Waals surface area contributed by atoms with Gasteiger partial charge in [-0.1, -0.05) is 0 Å². The first-order chi connectivity index (χ1) is 6.68. The predicted molar refractivity (Wildman–Crippen MR) is 62.3 cm³/mol. The Hall–Kier alpha value is 0.276. The van der Waals surface area contributed by atoms with Crippen LogP contribution in [0.3, 0.4) is 0 Å². The van der Waals surface area contributed by atoms with Gasteiger partial charge in [0, 0.05) is 17.8 Å². The molecule has 2 aromatic heterocycles. The summed E-state index contributed by atoms with van der Waals surface area (Å²) in [5.74, 6) is -0.834. The zero-order chi connectivity index (χ0) is 10.1. The van der Waals surface area contributed by atoms with E-state index in [0.29, 0.717) is 4.60 Å². The van der Waals surface area contributed by atoms with Crippen molar-refractivity contribution in [2.45, 2.75) is 6.42 Å².